The molecule has 1 radical (unpaired) electrons. The van der Waals surface area contributed by atoms with Crippen LogP contribution in [0.5, 0.6) is 0 Å². The Morgan fingerprint density at radius 3 is 2.46 bits per heavy atom. The lowest BCUT2D eigenvalue weighted by molar-refractivity contribution is -0.137. The molecule has 1 fully saturated rings. The minimum atomic E-state index is -4.39. The van der Waals surface area contributed by atoms with E-state index in [0.717, 1.165) is 18.6 Å². The molecule has 1 aliphatic rings. The van der Waals surface area contributed by atoms with E-state index in [1.165, 1.54) is 16.7 Å². The maximum atomic E-state index is 13.0. The lowest BCUT2D eigenvalue weighted by atomic mass is 9.98. The number of benzene rings is 1. The van der Waals surface area contributed by atoms with E-state index in [-0.39, 0.29) is 23.8 Å². The summed E-state index contributed by atoms with van der Waals surface area (Å²) in [6, 6.07) is 10.0. The van der Waals surface area contributed by atoms with Crippen molar-refractivity contribution in [3.05, 3.63) is 70.6 Å². The average molecular weight is 484 g/mol. The largest absolute Gasteiger partial charge is 0.416 e. The number of fused-ring (bicyclic) bond motifs is 1. The first-order valence-electron chi connectivity index (χ1n) is 11.4. The minimum absolute atomic E-state index is 0.0102. The molecule has 0 amide bonds. The van der Waals surface area contributed by atoms with Gasteiger partial charge in [0.25, 0.3) is 0 Å². The number of rotatable bonds is 4. The van der Waals surface area contributed by atoms with Crippen LogP contribution in [0.4, 0.5) is 19.0 Å². The van der Waals surface area contributed by atoms with Crippen molar-refractivity contribution in [3.63, 3.8) is 0 Å². The van der Waals surface area contributed by atoms with Gasteiger partial charge in [-0.05, 0) is 50.1 Å². The molecule has 0 spiro atoms. The quantitative estimate of drug-likeness (QED) is 0.557. The van der Waals surface area contributed by atoms with E-state index in [1.807, 2.05) is 24.8 Å². The standard InChI is InChI=1S/C25H26F3N6O/c1-5-20-14-33(23-22-21(32(4)24(35)31-23)11-10-19(12-29)30-22)15(2)13-34(20)16(3)17-6-8-18(9-7-17)25(26,27)28/h6-11,15-16,20H,3,5,13-14H2,1-2,4H3/t15-,16?,20+/m0/s1. The van der Waals surface area contributed by atoms with Crippen LogP contribution in [0.15, 0.2) is 41.2 Å². The van der Waals surface area contributed by atoms with Crippen LogP contribution in [0.25, 0.3) is 11.0 Å². The fourth-order valence-electron chi connectivity index (χ4n) is 4.66. The first-order chi connectivity index (χ1) is 16.5. The van der Waals surface area contributed by atoms with Gasteiger partial charge in [-0.25, -0.2) is 9.78 Å². The summed E-state index contributed by atoms with van der Waals surface area (Å²) in [7, 11) is 1.61. The second-order valence-corrected chi connectivity index (χ2v) is 8.85. The molecule has 0 N–H and O–H groups in total. The maximum Gasteiger partial charge on any atom is 0.416 e. The molecule has 0 aliphatic carbocycles. The highest BCUT2D eigenvalue weighted by molar-refractivity contribution is 5.86. The predicted octanol–water partition coefficient (Wildman–Crippen LogP) is 4.08. The molecule has 4 rings (SSSR count). The molecule has 3 heterocycles. The van der Waals surface area contributed by atoms with Gasteiger partial charge in [0.1, 0.15) is 17.3 Å². The van der Waals surface area contributed by atoms with Gasteiger partial charge in [-0.15, -0.1) is 0 Å². The van der Waals surface area contributed by atoms with Gasteiger partial charge in [-0.3, -0.25) is 9.47 Å². The summed E-state index contributed by atoms with van der Waals surface area (Å²) in [5.74, 6) is 0.431. The number of anilines is 1. The average Bonchev–Trinajstić information content (AvgIpc) is 2.85. The second-order valence-electron chi connectivity index (χ2n) is 8.85. The van der Waals surface area contributed by atoms with E-state index in [1.54, 1.807) is 19.2 Å². The Bertz CT molecular complexity index is 1330. The van der Waals surface area contributed by atoms with Gasteiger partial charge in [-0.2, -0.15) is 23.4 Å². The molecule has 0 bridgehead atoms. The summed E-state index contributed by atoms with van der Waals surface area (Å²) in [5.41, 5.74) is 0.900. The highest BCUT2D eigenvalue weighted by atomic mass is 19.4. The molecule has 3 aromatic rings. The molecule has 1 unspecified atom stereocenters. The van der Waals surface area contributed by atoms with E-state index >= 15 is 0 Å². The number of piperazine rings is 1. The van der Waals surface area contributed by atoms with Crippen molar-refractivity contribution < 1.29 is 13.2 Å². The van der Waals surface area contributed by atoms with Crippen LogP contribution in [-0.2, 0) is 13.2 Å². The summed E-state index contributed by atoms with van der Waals surface area (Å²) in [4.78, 5) is 25.6. The number of pyridine rings is 1. The molecule has 10 heteroatoms. The van der Waals surface area contributed by atoms with Gasteiger partial charge < -0.3 is 4.90 Å². The molecular formula is C25H26F3N6O. The molecule has 1 aliphatic heterocycles. The number of nitriles is 1. The summed E-state index contributed by atoms with van der Waals surface area (Å²) < 4.78 is 40.3. The smallest absolute Gasteiger partial charge is 0.349 e. The zero-order chi connectivity index (χ0) is 25.5. The topological polar surface area (TPSA) is 78.0 Å². The third-order valence-corrected chi connectivity index (χ3v) is 6.70. The second kappa shape index (κ2) is 9.30. The van der Waals surface area contributed by atoms with Gasteiger partial charge >= 0.3 is 11.9 Å². The number of hydrogen-bond acceptors (Lipinski definition) is 6. The molecule has 183 valence electrons. The number of aryl methyl sites for hydroxylation is 1. The van der Waals surface area contributed by atoms with Crippen molar-refractivity contribution in [2.45, 2.75) is 44.6 Å². The molecule has 1 aromatic carbocycles. The molecule has 2 aromatic heterocycles. The van der Waals surface area contributed by atoms with E-state index in [0.29, 0.717) is 35.5 Å². The van der Waals surface area contributed by atoms with E-state index in [2.05, 4.69) is 21.8 Å². The van der Waals surface area contributed by atoms with Crippen LogP contribution in [-0.4, -0.2) is 44.6 Å². The van der Waals surface area contributed by atoms with E-state index < -0.39 is 17.4 Å². The van der Waals surface area contributed by atoms with Gasteiger partial charge in [0.2, 0.25) is 0 Å². The van der Waals surface area contributed by atoms with Crippen molar-refractivity contribution in [2.24, 2.45) is 7.05 Å². The summed E-state index contributed by atoms with van der Waals surface area (Å²) in [5, 5.41) is 9.33. The number of nitrogens with zero attached hydrogens (tertiary/aromatic N) is 6. The monoisotopic (exact) mass is 483 g/mol. The molecule has 3 atom stereocenters. The van der Waals surface area contributed by atoms with Gasteiger partial charge in [0, 0.05) is 38.3 Å². The van der Waals surface area contributed by atoms with Crippen molar-refractivity contribution in [3.8, 4) is 6.07 Å². The third kappa shape index (κ3) is 4.60. The predicted molar refractivity (Wildman–Crippen MR) is 127 cm³/mol. The number of hydrogen-bond donors (Lipinski definition) is 0. The third-order valence-electron chi connectivity index (χ3n) is 6.70. The Balaban J connectivity index is 1.67. The van der Waals surface area contributed by atoms with Gasteiger partial charge in [-0.1, -0.05) is 19.1 Å². The van der Waals surface area contributed by atoms with Crippen LogP contribution in [0.3, 0.4) is 0 Å². The lowest BCUT2D eigenvalue weighted by Gasteiger charge is -2.48. The van der Waals surface area contributed by atoms with E-state index in [4.69, 9.17) is 0 Å². The van der Waals surface area contributed by atoms with Crippen molar-refractivity contribution in [1.82, 2.24) is 19.4 Å². The van der Waals surface area contributed by atoms with Crippen molar-refractivity contribution in [1.29, 1.82) is 5.26 Å². The Labute approximate surface area is 201 Å². The van der Waals surface area contributed by atoms with Crippen LogP contribution in [0.1, 0.15) is 43.1 Å². The number of alkyl halides is 3. The van der Waals surface area contributed by atoms with Crippen LogP contribution in [0, 0.1) is 18.3 Å². The zero-order valence-corrected chi connectivity index (χ0v) is 19.8. The molecule has 35 heavy (non-hydrogen) atoms. The van der Waals surface area contributed by atoms with Crippen molar-refractivity contribution in [2.75, 3.05) is 18.0 Å². The molecular weight excluding hydrogens is 457 g/mol. The molecule has 7 nitrogen and oxygen atoms in total. The highest BCUT2D eigenvalue weighted by Crippen LogP contribution is 2.34. The minimum Gasteiger partial charge on any atom is -0.349 e. The van der Waals surface area contributed by atoms with Crippen LogP contribution < -0.4 is 10.6 Å². The summed E-state index contributed by atoms with van der Waals surface area (Å²) in [6.45, 7) is 9.38. The fourth-order valence-corrected chi connectivity index (χ4v) is 4.66. The normalized spacial score (nSPS) is 20.1. The van der Waals surface area contributed by atoms with Gasteiger partial charge in [0.05, 0.1) is 11.1 Å². The van der Waals surface area contributed by atoms with Crippen LogP contribution >= 0.6 is 0 Å². The Kier molecular flexibility index (Phi) is 6.56. The van der Waals surface area contributed by atoms with Crippen LogP contribution in [0.2, 0.25) is 0 Å². The first-order valence-corrected chi connectivity index (χ1v) is 11.4. The maximum absolute atomic E-state index is 13.0. The fraction of sp³-hybridized carbons (Fsp3) is 0.400. The van der Waals surface area contributed by atoms with Crippen molar-refractivity contribution >= 4 is 16.9 Å². The Hall–Kier alpha value is -3.45. The molecule has 0 saturated carbocycles. The highest BCUT2D eigenvalue weighted by Gasteiger charge is 2.36. The first kappa shape index (κ1) is 24.7. The zero-order valence-electron chi connectivity index (χ0n) is 19.8. The molecule has 1 saturated heterocycles. The summed E-state index contributed by atoms with van der Waals surface area (Å²) in [6.07, 6.45) is -3.63. The van der Waals surface area contributed by atoms with E-state index in [9.17, 15) is 23.2 Å². The number of aromatic nitrogens is 3. The Morgan fingerprint density at radius 2 is 1.86 bits per heavy atom. The lowest BCUT2D eigenvalue weighted by Crippen LogP contribution is -2.58. The van der Waals surface area contributed by atoms with Gasteiger partial charge in [0.15, 0.2) is 5.82 Å². The summed E-state index contributed by atoms with van der Waals surface area (Å²) >= 11 is 0. The Morgan fingerprint density at radius 1 is 1.17 bits per heavy atom. The SMILES string of the molecule is [CH2]C(c1ccc(C(F)(F)F)cc1)N1C[C@H](C)N(c2nc(=O)n(C)c3ccc(C#N)nc23)C[C@H]1CC. The number of halogens is 3.